The molecule has 1 saturated carbocycles. The minimum Gasteiger partial charge on any atom is -0.494 e. The summed E-state index contributed by atoms with van der Waals surface area (Å²) >= 11 is 0. The van der Waals surface area contributed by atoms with Crippen LogP contribution < -0.4 is 20.3 Å². The molecule has 2 aliphatic carbocycles. The fourth-order valence-corrected chi connectivity index (χ4v) is 4.91. The third-order valence-corrected chi connectivity index (χ3v) is 6.71. The molecule has 1 aromatic heterocycles. The lowest BCUT2D eigenvalue weighted by Gasteiger charge is -2.30. The Morgan fingerprint density at radius 3 is 2.56 bits per heavy atom. The first-order valence-electron chi connectivity index (χ1n) is 12.4. The summed E-state index contributed by atoms with van der Waals surface area (Å²) < 4.78 is 5.76. The van der Waals surface area contributed by atoms with Crippen molar-refractivity contribution in [2.75, 3.05) is 44.0 Å². The maximum Gasteiger partial charge on any atom is 0.225 e. The second-order valence-corrected chi connectivity index (χ2v) is 9.48. The van der Waals surface area contributed by atoms with E-state index in [-0.39, 0.29) is 0 Å². The lowest BCUT2D eigenvalue weighted by Crippen LogP contribution is -2.32. The Kier molecular flexibility index (Phi) is 8.21. The van der Waals surface area contributed by atoms with Crippen molar-refractivity contribution in [2.45, 2.75) is 63.8 Å². The second kappa shape index (κ2) is 11.5. The van der Waals surface area contributed by atoms with Gasteiger partial charge < -0.3 is 20.3 Å². The van der Waals surface area contributed by atoms with Gasteiger partial charge in [-0.25, -0.2) is 4.98 Å². The van der Waals surface area contributed by atoms with Gasteiger partial charge in [-0.05, 0) is 88.9 Å². The van der Waals surface area contributed by atoms with Crippen LogP contribution in [-0.4, -0.2) is 49.8 Å². The summed E-state index contributed by atoms with van der Waals surface area (Å²) in [7, 11) is 4.18. The van der Waals surface area contributed by atoms with Crippen molar-refractivity contribution in [3.63, 3.8) is 0 Å². The van der Waals surface area contributed by atoms with E-state index < -0.39 is 0 Å². The number of fused-ring (bicyclic) bond motifs is 1. The number of para-hydroxylation sites is 1. The van der Waals surface area contributed by atoms with Gasteiger partial charge in [0.05, 0.1) is 12.3 Å². The van der Waals surface area contributed by atoms with E-state index in [1.165, 1.54) is 49.8 Å². The lowest BCUT2D eigenvalue weighted by atomic mass is 9.86. The molecule has 1 aromatic carbocycles. The molecule has 0 saturated heterocycles. The number of nitrogens with one attached hydrogen (secondary N) is 2. The van der Waals surface area contributed by atoms with Crippen molar-refractivity contribution >= 4 is 11.8 Å². The summed E-state index contributed by atoms with van der Waals surface area (Å²) in [6, 6.07) is 10.5. The van der Waals surface area contributed by atoms with E-state index in [4.69, 9.17) is 14.7 Å². The predicted molar refractivity (Wildman–Crippen MR) is 132 cm³/mol. The highest BCUT2D eigenvalue weighted by Gasteiger charge is 2.23. The van der Waals surface area contributed by atoms with Gasteiger partial charge in [0.1, 0.15) is 11.6 Å². The van der Waals surface area contributed by atoms with Crippen LogP contribution in [0.5, 0.6) is 5.75 Å². The fraction of sp³-hybridized carbons (Fsp3) is 0.615. The molecule has 2 aromatic rings. The molecule has 0 amide bonds. The summed E-state index contributed by atoms with van der Waals surface area (Å²) in [5.74, 6) is 3.66. The molecule has 0 spiro atoms. The molecule has 6 heteroatoms. The molecular weight excluding hydrogens is 398 g/mol. The highest BCUT2D eigenvalue weighted by molar-refractivity contribution is 5.52. The van der Waals surface area contributed by atoms with Crippen molar-refractivity contribution in [1.29, 1.82) is 0 Å². The minimum absolute atomic E-state index is 0.488. The summed E-state index contributed by atoms with van der Waals surface area (Å²) in [5, 5.41) is 7.29. The first-order valence-corrected chi connectivity index (χ1v) is 12.4. The maximum absolute atomic E-state index is 5.76. The zero-order valence-corrected chi connectivity index (χ0v) is 19.8. The van der Waals surface area contributed by atoms with Crippen LogP contribution in [0.2, 0.25) is 0 Å². The van der Waals surface area contributed by atoms with Crippen molar-refractivity contribution < 1.29 is 4.74 Å². The van der Waals surface area contributed by atoms with Gasteiger partial charge >= 0.3 is 0 Å². The number of aromatic nitrogens is 2. The van der Waals surface area contributed by atoms with Crippen LogP contribution in [0, 0.1) is 5.92 Å². The van der Waals surface area contributed by atoms with Crippen LogP contribution in [-0.2, 0) is 12.8 Å². The number of benzene rings is 1. The van der Waals surface area contributed by atoms with Gasteiger partial charge in [0.25, 0.3) is 0 Å². The molecule has 32 heavy (non-hydrogen) atoms. The first-order chi connectivity index (χ1) is 15.7. The van der Waals surface area contributed by atoms with Crippen molar-refractivity contribution in [2.24, 2.45) is 5.92 Å². The van der Waals surface area contributed by atoms with E-state index in [1.54, 1.807) is 0 Å². The fourth-order valence-electron chi connectivity index (χ4n) is 4.91. The molecule has 0 aliphatic heterocycles. The standard InChI is InChI=1S/C26H39N5O/c1-31(2)25-23-11-6-7-12-24(23)29-26(30-25)28-21-15-13-20(14-16-21)19-27-17-8-18-32-22-9-4-3-5-10-22/h3-5,9-10,20-21,27H,6-8,11-19H2,1-2H3,(H,28,29,30). The van der Waals surface area contributed by atoms with Gasteiger partial charge in [-0.2, -0.15) is 4.98 Å². The Labute approximate surface area is 193 Å². The molecule has 6 nitrogen and oxygen atoms in total. The Bertz CT molecular complexity index is 834. The molecule has 0 bridgehead atoms. The van der Waals surface area contributed by atoms with E-state index in [0.29, 0.717) is 6.04 Å². The number of nitrogens with zero attached hydrogens (tertiary/aromatic N) is 3. The molecule has 1 heterocycles. The molecular formula is C26H39N5O. The van der Waals surface area contributed by atoms with E-state index >= 15 is 0 Å². The molecule has 0 atom stereocenters. The molecule has 4 rings (SSSR count). The summed E-state index contributed by atoms with van der Waals surface area (Å²) in [4.78, 5) is 11.9. The van der Waals surface area contributed by atoms with Gasteiger partial charge in [-0.3, -0.25) is 0 Å². The number of aryl methyl sites for hydroxylation is 1. The zero-order chi connectivity index (χ0) is 22.2. The average molecular weight is 438 g/mol. The maximum atomic E-state index is 5.76. The summed E-state index contributed by atoms with van der Waals surface area (Å²) in [6.07, 6.45) is 10.6. The Hall–Kier alpha value is -2.34. The van der Waals surface area contributed by atoms with Crippen molar-refractivity contribution in [3.8, 4) is 5.75 Å². The van der Waals surface area contributed by atoms with Gasteiger partial charge in [-0.1, -0.05) is 18.2 Å². The number of hydrogen-bond donors (Lipinski definition) is 2. The van der Waals surface area contributed by atoms with Crippen LogP contribution in [0.15, 0.2) is 30.3 Å². The molecule has 1 fully saturated rings. The molecule has 174 valence electrons. The molecule has 0 radical (unpaired) electrons. The third-order valence-electron chi connectivity index (χ3n) is 6.71. The predicted octanol–water partition coefficient (Wildman–Crippen LogP) is 4.45. The number of anilines is 2. The zero-order valence-electron chi connectivity index (χ0n) is 19.8. The number of ether oxygens (including phenoxy) is 1. The summed E-state index contributed by atoms with van der Waals surface area (Å²) in [5.41, 5.74) is 2.61. The van der Waals surface area contributed by atoms with Gasteiger partial charge in [-0.15, -0.1) is 0 Å². The highest BCUT2D eigenvalue weighted by atomic mass is 16.5. The minimum atomic E-state index is 0.488. The smallest absolute Gasteiger partial charge is 0.225 e. The lowest BCUT2D eigenvalue weighted by molar-refractivity contribution is 0.295. The van der Waals surface area contributed by atoms with Crippen LogP contribution in [0.1, 0.15) is 56.2 Å². The molecule has 2 aliphatic rings. The molecule has 0 unspecified atom stereocenters. The van der Waals surface area contributed by atoms with Crippen LogP contribution >= 0.6 is 0 Å². The normalized spacial score (nSPS) is 20.4. The van der Waals surface area contributed by atoms with Crippen LogP contribution in [0.4, 0.5) is 11.8 Å². The Morgan fingerprint density at radius 2 is 1.78 bits per heavy atom. The second-order valence-electron chi connectivity index (χ2n) is 9.48. The topological polar surface area (TPSA) is 62.3 Å². The van der Waals surface area contributed by atoms with Gasteiger partial charge in [0, 0.05) is 25.7 Å². The number of rotatable bonds is 10. The van der Waals surface area contributed by atoms with Crippen molar-refractivity contribution in [3.05, 3.63) is 41.6 Å². The van der Waals surface area contributed by atoms with Crippen LogP contribution in [0.3, 0.4) is 0 Å². The average Bonchev–Trinajstić information content (AvgIpc) is 2.82. The molecule has 2 N–H and O–H groups in total. The van der Waals surface area contributed by atoms with E-state index in [1.807, 2.05) is 30.3 Å². The number of hydrogen-bond acceptors (Lipinski definition) is 6. The SMILES string of the molecule is CN(C)c1nc(NC2CCC(CNCCCOc3ccccc3)CC2)nc2c1CCCC2. The quantitative estimate of drug-likeness (QED) is 0.536. The Morgan fingerprint density at radius 1 is 1.00 bits per heavy atom. The van der Waals surface area contributed by atoms with E-state index in [0.717, 1.165) is 62.4 Å². The monoisotopic (exact) mass is 437 g/mol. The van der Waals surface area contributed by atoms with E-state index in [2.05, 4.69) is 29.6 Å². The van der Waals surface area contributed by atoms with Gasteiger partial charge in [0.2, 0.25) is 5.95 Å². The highest BCUT2D eigenvalue weighted by Crippen LogP contribution is 2.30. The summed E-state index contributed by atoms with van der Waals surface area (Å²) in [6.45, 7) is 2.89. The van der Waals surface area contributed by atoms with E-state index in [9.17, 15) is 0 Å². The van der Waals surface area contributed by atoms with Gasteiger partial charge in [0.15, 0.2) is 0 Å². The third kappa shape index (κ3) is 6.35. The Balaban J connectivity index is 1.16. The largest absolute Gasteiger partial charge is 0.494 e. The first kappa shape index (κ1) is 22.8. The van der Waals surface area contributed by atoms with Crippen LogP contribution in [0.25, 0.3) is 0 Å². The van der Waals surface area contributed by atoms with Crippen molar-refractivity contribution in [1.82, 2.24) is 15.3 Å².